The molecule has 3 aliphatic rings. The maximum absolute atomic E-state index is 11.9. The summed E-state index contributed by atoms with van der Waals surface area (Å²) in [6, 6.07) is 0. The van der Waals surface area contributed by atoms with Gasteiger partial charge >= 0.3 is 5.97 Å². The van der Waals surface area contributed by atoms with Crippen LogP contribution in [0, 0.1) is 5.92 Å². The fraction of sp³-hybridized carbons (Fsp3) is 0.800. The third-order valence-corrected chi connectivity index (χ3v) is 4.52. The van der Waals surface area contributed by atoms with Gasteiger partial charge in [0.2, 0.25) is 0 Å². The van der Waals surface area contributed by atoms with Crippen LogP contribution in [0.15, 0.2) is 11.1 Å². The standard InChI is InChI=1S/C15H22O3/c1-2-17-15(16)12-9-13-10-7-5-3-4-6-8-11(10)14(12)18-13/h12-14H,2-9H2,1H3/t12-,13-,14-/m0/s1. The summed E-state index contributed by atoms with van der Waals surface area (Å²) in [5.74, 6) is -0.0910. The highest BCUT2D eigenvalue weighted by Crippen LogP contribution is 2.47. The molecule has 2 bridgehead atoms. The lowest BCUT2D eigenvalue weighted by Gasteiger charge is -2.24. The van der Waals surface area contributed by atoms with E-state index in [9.17, 15) is 4.79 Å². The third kappa shape index (κ3) is 1.99. The van der Waals surface area contributed by atoms with Gasteiger partial charge in [-0.05, 0) is 50.2 Å². The number of carbonyl (C=O) groups is 1. The molecule has 3 rings (SSSR count). The first-order chi connectivity index (χ1) is 8.81. The number of esters is 1. The Morgan fingerprint density at radius 3 is 2.67 bits per heavy atom. The molecule has 0 spiro atoms. The predicted molar refractivity (Wildman–Crippen MR) is 68.1 cm³/mol. The van der Waals surface area contributed by atoms with Crippen molar-refractivity contribution >= 4 is 5.97 Å². The highest BCUT2D eigenvalue weighted by molar-refractivity contribution is 5.75. The summed E-state index contributed by atoms with van der Waals surface area (Å²) in [6.45, 7) is 2.34. The second-order valence-electron chi connectivity index (χ2n) is 5.60. The van der Waals surface area contributed by atoms with Crippen LogP contribution in [0.2, 0.25) is 0 Å². The van der Waals surface area contributed by atoms with E-state index in [0.717, 1.165) is 12.8 Å². The Morgan fingerprint density at radius 2 is 1.94 bits per heavy atom. The van der Waals surface area contributed by atoms with E-state index in [-0.39, 0.29) is 24.1 Å². The van der Waals surface area contributed by atoms with Crippen LogP contribution in [0.5, 0.6) is 0 Å². The van der Waals surface area contributed by atoms with Gasteiger partial charge in [0.1, 0.15) is 0 Å². The Kier molecular flexibility index (Phi) is 3.42. The van der Waals surface area contributed by atoms with Crippen LogP contribution in [0.4, 0.5) is 0 Å². The molecule has 0 aromatic rings. The number of hydrogen-bond acceptors (Lipinski definition) is 3. The molecule has 3 heteroatoms. The van der Waals surface area contributed by atoms with Gasteiger partial charge in [-0.15, -0.1) is 0 Å². The molecule has 18 heavy (non-hydrogen) atoms. The number of carbonyl (C=O) groups excluding carboxylic acids is 1. The van der Waals surface area contributed by atoms with Crippen molar-refractivity contribution in [3.63, 3.8) is 0 Å². The van der Waals surface area contributed by atoms with Gasteiger partial charge in [-0.25, -0.2) is 0 Å². The van der Waals surface area contributed by atoms with Crippen molar-refractivity contribution < 1.29 is 14.3 Å². The first-order valence-corrected chi connectivity index (χ1v) is 7.35. The van der Waals surface area contributed by atoms with Crippen molar-refractivity contribution in [2.45, 2.75) is 64.1 Å². The maximum atomic E-state index is 11.9. The van der Waals surface area contributed by atoms with Gasteiger partial charge in [0, 0.05) is 0 Å². The summed E-state index contributed by atoms with van der Waals surface area (Å²) in [6.07, 6.45) is 8.63. The lowest BCUT2D eigenvalue weighted by Crippen LogP contribution is -2.29. The molecule has 0 aromatic carbocycles. The van der Waals surface area contributed by atoms with Gasteiger partial charge in [0.05, 0.1) is 24.7 Å². The highest BCUT2D eigenvalue weighted by Gasteiger charge is 2.49. The number of hydrogen-bond donors (Lipinski definition) is 0. The molecular formula is C15H22O3. The lowest BCUT2D eigenvalue weighted by molar-refractivity contribution is -0.149. The lowest BCUT2D eigenvalue weighted by atomic mass is 9.79. The van der Waals surface area contributed by atoms with Crippen LogP contribution in [0.1, 0.15) is 51.9 Å². The first kappa shape index (κ1) is 12.2. The zero-order chi connectivity index (χ0) is 12.5. The van der Waals surface area contributed by atoms with Crippen molar-refractivity contribution in [3.8, 4) is 0 Å². The second kappa shape index (κ2) is 5.04. The molecule has 1 aliphatic carbocycles. The number of ether oxygens (including phenoxy) is 2. The van der Waals surface area contributed by atoms with Crippen molar-refractivity contribution in [2.75, 3.05) is 6.61 Å². The smallest absolute Gasteiger partial charge is 0.312 e. The largest absolute Gasteiger partial charge is 0.466 e. The van der Waals surface area contributed by atoms with E-state index in [1.165, 1.54) is 43.3 Å². The first-order valence-electron chi connectivity index (χ1n) is 7.35. The van der Waals surface area contributed by atoms with Crippen LogP contribution in [-0.2, 0) is 14.3 Å². The normalized spacial score (nSPS) is 35.1. The Hall–Kier alpha value is -0.830. The van der Waals surface area contributed by atoms with Gasteiger partial charge < -0.3 is 9.47 Å². The van der Waals surface area contributed by atoms with Gasteiger partial charge in [-0.2, -0.15) is 0 Å². The highest BCUT2D eigenvalue weighted by atomic mass is 16.5. The minimum atomic E-state index is -0.0568. The molecule has 0 radical (unpaired) electrons. The third-order valence-electron chi connectivity index (χ3n) is 4.52. The minimum absolute atomic E-state index is 0.0341. The van der Waals surface area contributed by atoms with E-state index in [1.54, 1.807) is 0 Å². The Bertz CT molecular complexity index is 372. The average molecular weight is 250 g/mol. The average Bonchev–Trinajstić information content (AvgIpc) is 2.85. The molecule has 0 amide bonds. The summed E-state index contributed by atoms with van der Waals surface area (Å²) in [4.78, 5) is 11.9. The van der Waals surface area contributed by atoms with E-state index < -0.39 is 0 Å². The van der Waals surface area contributed by atoms with Gasteiger partial charge in [0.25, 0.3) is 0 Å². The van der Waals surface area contributed by atoms with Crippen molar-refractivity contribution in [3.05, 3.63) is 11.1 Å². The Balaban J connectivity index is 1.78. The Morgan fingerprint density at radius 1 is 1.22 bits per heavy atom. The van der Waals surface area contributed by atoms with Gasteiger partial charge in [-0.3, -0.25) is 4.79 Å². The maximum Gasteiger partial charge on any atom is 0.312 e. The fourth-order valence-corrected chi connectivity index (χ4v) is 3.70. The topological polar surface area (TPSA) is 35.5 Å². The fourth-order valence-electron chi connectivity index (χ4n) is 3.70. The molecule has 100 valence electrons. The van der Waals surface area contributed by atoms with Crippen LogP contribution in [0.25, 0.3) is 0 Å². The summed E-state index contributed by atoms with van der Waals surface area (Å²) >= 11 is 0. The van der Waals surface area contributed by atoms with E-state index in [2.05, 4.69) is 0 Å². The summed E-state index contributed by atoms with van der Waals surface area (Å²) in [5, 5.41) is 0. The Labute approximate surface area is 109 Å². The minimum Gasteiger partial charge on any atom is -0.466 e. The molecule has 0 aromatic heterocycles. The van der Waals surface area contributed by atoms with Crippen molar-refractivity contribution in [1.29, 1.82) is 0 Å². The van der Waals surface area contributed by atoms with Crippen LogP contribution in [-0.4, -0.2) is 24.8 Å². The zero-order valence-electron chi connectivity index (χ0n) is 11.1. The molecule has 1 saturated heterocycles. The quantitative estimate of drug-likeness (QED) is 0.558. The predicted octanol–water partition coefficient (Wildman–Crippen LogP) is 2.99. The van der Waals surface area contributed by atoms with Crippen molar-refractivity contribution in [1.82, 2.24) is 0 Å². The molecule has 1 fully saturated rings. The van der Waals surface area contributed by atoms with Crippen LogP contribution >= 0.6 is 0 Å². The monoisotopic (exact) mass is 250 g/mol. The van der Waals surface area contributed by atoms with Crippen LogP contribution in [0.3, 0.4) is 0 Å². The second-order valence-corrected chi connectivity index (χ2v) is 5.60. The molecule has 2 heterocycles. The van der Waals surface area contributed by atoms with E-state index in [4.69, 9.17) is 9.47 Å². The molecule has 3 nitrogen and oxygen atoms in total. The van der Waals surface area contributed by atoms with E-state index in [0.29, 0.717) is 6.61 Å². The summed E-state index contributed by atoms with van der Waals surface area (Å²) in [5.41, 5.74) is 2.98. The zero-order valence-corrected chi connectivity index (χ0v) is 11.1. The van der Waals surface area contributed by atoms with Crippen LogP contribution < -0.4 is 0 Å². The van der Waals surface area contributed by atoms with Crippen molar-refractivity contribution in [2.24, 2.45) is 5.92 Å². The molecule has 0 saturated carbocycles. The molecule has 0 N–H and O–H groups in total. The molecular weight excluding hydrogens is 228 g/mol. The number of rotatable bonds is 2. The SMILES string of the molecule is CCOC(=O)[C@H]1C[C@@H]2O[C@H]1C1=C2CCCCCC1. The molecule has 3 atom stereocenters. The van der Waals surface area contributed by atoms with Gasteiger partial charge in [0.15, 0.2) is 0 Å². The molecule has 0 unspecified atom stereocenters. The van der Waals surface area contributed by atoms with E-state index in [1.807, 2.05) is 6.92 Å². The summed E-state index contributed by atoms with van der Waals surface area (Å²) in [7, 11) is 0. The number of fused-ring (bicyclic) bond motifs is 4. The molecule has 2 aliphatic heterocycles. The van der Waals surface area contributed by atoms with Gasteiger partial charge in [-0.1, -0.05) is 12.8 Å². The van der Waals surface area contributed by atoms with E-state index >= 15 is 0 Å². The summed E-state index contributed by atoms with van der Waals surface area (Å²) < 4.78 is 11.2.